The molecule has 0 radical (unpaired) electrons. The van der Waals surface area contributed by atoms with Gasteiger partial charge in [-0.15, -0.1) is 0 Å². The Bertz CT molecular complexity index is 1970. The lowest BCUT2D eigenvalue weighted by Gasteiger charge is -2.31. The summed E-state index contributed by atoms with van der Waals surface area (Å²) in [6, 6.07) is 24.8. The quantitative estimate of drug-likeness (QED) is 0.260. The van der Waals surface area contributed by atoms with Gasteiger partial charge in [-0.05, 0) is 48.6 Å². The van der Waals surface area contributed by atoms with Gasteiger partial charge in [0.25, 0.3) is 5.56 Å². The molecule has 7 rings (SSSR count). The Morgan fingerprint density at radius 3 is 2.70 bits per heavy atom. The van der Waals surface area contributed by atoms with Gasteiger partial charge in [-0.2, -0.15) is 0 Å². The van der Waals surface area contributed by atoms with Crippen LogP contribution in [0.3, 0.4) is 0 Å². The summed E-state index contributed by atoms with van der Waals surface area (Å²) in [7, 11) is 1.70. The fraction of sp³-hybridized carbons (Fsp3) is 0.235. The molecule has 1 atom stereocenters. The Hall–Kier alpha value is -4.16. The lowest BCUT2D eigenvalue weighted by Crippen LogP contribution is -2.38. The summed E-state index contributed by atoms with van der Waals surface area (Å²) in [5.41, 5.74) is 7.92. The average molecular weight is 546 g/mol. The third-order valence-electron chi connectivity index (χ3n) is 8.17. The Kier molecular flexibility index (Phi) is 6.28. The van der Waals surface area contributed by atoms with Gasteiger partial charge in [0.1, 0.15) is 5.75 Å². The summed E-state index contributed by atoms with van der Waals surface area (Å²) >= 11 is 1.48. The van der Waals surface area contributed by atoms with E-state index in [1.54, 1.807) is 7.11 Å². The molecule has 0 amide bonds. The first-order valence-electron chi connectivity index (χ1n) is 14.0. The van der Waals surface area contributed by atoms with Gasteiger partial charge in [0.15, 0.2) is 4.80 Å². The minimum Gasteiger partial charge on any atom is -0.496 e. The molecule has 2 aromatic heterocycles. The molecular formula is C34H31N3O2S. The molecule has 0 saturated heterocycles. The zero-order valence-corrected chi connectivity index (χ0v) is 23.6. The highest BCUT2D eigenvalue weighted by Gasteiger charge is 2.34. The number of hydrogen-bond acceptors (Lipinski definition) is 4. The summed E-state index contributed by atoms with van der Waals surface area (Å²) in [6.07, 6.45) is 8.29. The minimum atomic E-state index is -0.260. The van der Waals surface area contributed by atoms with Gasteiger partial charge in [0, 0.05) is 40.3 Å². The van der Waals surface area contributed by atoms with E-state index < -0.39 is 0 Å². The van der Waals surface area contributed by atoms with Crippen molar-refractivity contribution < 1.29 is 4.74 Å². The number of hydrogen-bond donors (Lipinski definition) is 0. The highest BCUT2D eigenvalue weighted by molar-refractivity contribution is 7.07. The number of methoxy groups -OCH3 is 1. The van der Waals surface area contributed by atoms with Gasteiger partial charge in [0.05, 0.1) is 23.4 Å². The van der Waals surface area contributed by atoms with E-state index in [0.717, 1.165) is 59.6 Å². The van der Waals surface area contributed by atoms with Crippen LogP contribution in [-0.2, 0) is 13.0 Å². The van der Waals surface area contributed by atoms with E-state index in [1.165, 1.54) is 38.9 Å². The molecular weight excluding hydrogens is 514 g/mol. The molecule has 5 aromatic rings. The third kappa shape index (κ3) is 3.97. The van der Waals surface area contributed by atoms with E-state index in [0.29, 0.717) is 4.53 Å². The molecule has 0 bridgehead atoms. The van der Waals surface area contributed by atoms with Crippen molar-refractivity contribution >= 4 is 34.0 Å². The lowest BCUT2D eigenvalue weighted by molar-refractivity contribution is 0.402. The number of ether oxygens (including phenoxy) is 1. The Morgan fingerprint density at radius 1 is 1.02 bits per heavy atom. The zero-order chi connectivity index (χ0) is 27.2. The van der Waals surface area contributed by atoms with Crippen molar-refractivity contribution in [1.29, 1.82) is 0 Å². The molecule has 0 spiro atoms. The minimum absolute atomic E-state index is 0.00421. The Balaban J connectivity index is 1.47. The van der Waals surface area contributed by atoms with Crippen molar-refractivity contribution in [3.05, 3.63) is 127 Å². The largest absolute Gasteiger partial charge is 0.496 e. The van der Waals surface area contributed by atoms with Gasteiger partial charge in [-0.25, -0.2) is 4.99 Å². The second-order valence-electron chi connectivity index (χ2n) is 10.5. The maximum absolute atomic E-state index is 14.2. The molecule has 1 aliphatic heterocycles. The van der Waals surface area contributed by atoms with Crippen molar-refractivity contribution in [3.8, 4) is 5.75 Å². The SMILES string of the molecule is CCCCn1cc(/C=c2\sc3n(c2=O)[C@@H](c2ccccc2OC)C2=C(N=3)c3ccccc3CC2)c2ccccc21. The first-order valence-corrected chi connectivity index (χ1v) is 14.8. The number of allylic oxidation sites excluding steroid dienone is 1. The fourth-order valence-electron chi connectivity index (χ4n) is 6.24. The van der Waals surface area contributed by atoms with E-state index in [2.05, 4.69) is 78.4 Å². The monoisotopic (exact) mass is 545 g/mol. The fourth-order valence-corrected chi connectivity index (χ4v) is 7.23. The van der Waals surface area contributed by atoms with Gasteiger partial charge >= 0.3 is 0 Å². The summed E-state index contributed by atoms with van der Waals surface area (Å²) in [6.45, 7) is 3.18. The predicted molar refractivity (Wildman–Crippen MR) is 163 cm³/mol. The highest BCUT2D eigenvalue weighted by atomic mass is 32.1. The number of rotatable bonds is 6. The molecule has 40 heavy (non-hydrogen) atoms. The molecule has 3 aromatic carbocycles. The molecule has 1 aliphatic carbocycles. The van der Waals surface area contributed by atoms with E-state index >= 15 is 0 Å². The Labute approximate surface area is 237 Å². The van der Waals surface area contributed by atoms with Gasteiger partial charge in [0.2, 0.25) is 0 Å². The number of fused-ring (bicyclic) bond motifs is 4. The standard InChI is InChI=1S/C34H31N3O2S/c1-3-4-19-36-21-23(24-12-7-9-15-28(24)36)20-30-33(38)37-32(26-14-8-10-16-29(26)39-2)27-18-17-22-11-5-6-13-25(22)31(27)35-34(37)40-30/h5-16,20-21,32H,3-4,17-19H2,1-2H3/b30-20-/t32-/m0/s1. The van der Waals surface area contributed by atoms with Crippen LogP contribution >= 0.6 is 11.3 Å². The summed E-state index contributed by atoms with van der Waals surface area (Å²) in [5.74, 6) is 0.786. The zero-order valence-electron chi connectivity index (χ0n) is 22.8. The molecule has 3 heterocycles. The lowest BCUT2D eigenvalue weighted by atomic mass is 9.83. The molecule has 5 nitrogen and oxygen atoms in total. The number of unbranched alkanes of at least 4 members (excludes halogenated alkanes) is 1. The molecule has 0 N–H and O–H groups in total. The molecule has 0 saturated carbocycles. The van der Waals surface area contributed by atoms with Crippen LogP contribution in [0.4, 0.5) is 0 Å². The molecule has 200 valence electrons. The molecule has 0 fully saturated rings. The second-order valence-corrected chi connectivity index (χ2v) is 11.5. The normalized spacial score (nSPS) is 16.4. The molecule has 6 heteroatoms. The van der Waals surface area contributed by atoms with Crippen molar-refractivity contribution in [2.75, 3.05) is 7.11 Å². The first-order chi connectivity index (χ1) is 19.7. The Morgan fingerprint density at radius 2 is 1.82 bits per heavy atom. The predicted octanol–water partition coefficient (Wildman–Crippen LogP) is 6.08. The topological polar surface area (TPSA) is 48.5 Å². The highest BCUT2D eigenvalue weighted by Crippen LogP contribution is 2.43. The second kappa shape index (κ2) is 10.1. The third-order valence-corrected chi connectivity index (χ3v) is 9.15. The van der Waals surface area contributed by atoms with Crippen molar-refractivity contribution in [2.24, 2.45) is 4.99 Å². The van der Waals surface area contributed by atoms with Crippen LogP contribution in [0.25, 0.3) is 22.7 Å². The van der Waals surface area contributed by atoms with Crippen LogP contribution in [0.1, 0.15) is 54.5 Å². The summed E-state index contributed by atoms with van der Waals surface area (Å²) in [4.78, 5) is 20.1. The number of thiazole rings is 1. The summed E-state index contributed by atoms with van der Waals surface area (Å²) in [5, 5.41) is 1.17. The smallest absolute Gasteiger partial charge is 0.271 e. The van der Waals surface area contributed by atoms with E-state index in [-0.39, 0.29) is 11.6 Å². The number of benzene rings is 3. The number of nitrogens with zero attached hydrogens (tertiary/aromatic N) is 3. The van der Waals surface area contributed by atoms with Crippen LogP contribution in [0, 0.1) is 0 Å². The van der Waals surface area contributed by atoms with Gasteiger partial charge in [-0.1, -0.05) is 85.3 Å². The van der Waals surface area contributed by atoms with Gasteiger partial charge in [-0.3, -0.25) is 9.36 Å². The molecule has 0 unspecified atom stereocenters. The van der Waals surface area contributed by atoms with E-state index in [4.69, 9.17) is 9.73 Å². The van der Waals surface area contributed by atoms with Crippen molar-refractivity contribution in [3.63, 3.8) is 0 Å². The number of aromatic nitrogens is 2. The van der Waals surface area contributed by atoms with Crippen LogP contribution in [-0.4, -0.2) is 16.2 Å². The van der Waals surface area contributed by atoms with E-state index in [1.807, 2.05) is 22.8 Å². The van der Waals surface area contributed by atoms with Crippen LogP contribution < -0.4 is 19.6 Å². The first kappa shape index (κ1) is 24.9. The van der Waals surface area contributed by atoms with Crippen molar-refractivity contribution in [1.82, 2.24) is 9.13 Å². The number of aryl methyl sites for hydroxylation is 2. The van der Waals surface area contributed by atoms with E-state index in [9.17, 15) is 4.79 Å². The number of para-hydroxylation sites is 2. The maximum Gasteiger partial charge on any atom is 0.271 e. The van der Waals surface area contributed by atoms with Crippen LogP contribution in [0.5, 0.6) is 5.75 Å². The van der Waals surface area contributed by atoms with Crippen LogP contribution in [0.15, 0.2) is 94.4 Å². The van der Waals surface area contributed by atoms with Crippen LogP contribution in [0.2, 0.25) is 0 Å². The average Bonchev–Trinajstić information content (AvgIpc) is 3.51. The van der Waals surface area contributed by atoms with Gasteiger partial charge < -0.3 is 9.30 Å². The van der Waals surface area contributed by atoms with Crippen molar-refractivity contribution in [2.45, 2.75) is 45.2 Å². The molecule has 2 aliphatic rings. The maximum atomic E-state index is 14.2. The summed E-state index contributed by atoms with van der Waals surface area (Å²) < 4.78 is 10.7.